The number of hydrogen-bond donors (Lipinski definition) is 2. The maximum absolute atomic E-state index is 12.2. The highest BCUT2D eigenvalue weighted by molar-refractivity contribution is 8.00. The quantitative estimate of drug-likeness (QED) is 0.771. The summed E-state index contributed by atoms with van der Waals surface area (Å²) in [6.45, 7) is 5.01. The molecule has 19 heavy (non-hydrogen) atoms. The molecule has 4 nitrogen and oxygen atoms in total. The fourth-order valence-electron chi connectivity index (χ4n) is 1.77. The molecule has 0 aliphatic heterocycles. The summed E-state index contributed by atoms with van der Waals surface area (Å²) in [6.07, 6.45) is 3.90. The fourth-order valence-corrected chi connectivity index (χ4v) is 5.06. The van der Waals surface area contributed by atoms with Gasteiger partial charge in [-0.2, -0.15) is 11.8 Å². The minimum atomic E-state index is -3.41. The molecule has 0 aromatic carbocycles. The third-order valence-corrected chi connectivity index (χ3v) is 8.00. The van der Waals surface area contributed by atoms with E-state index in [0.717, 1.165) is 17.7 Å². The van der Waals surface area contributed by atoms with E-state index in [9.17, 15) is 8.42 Å². The van der Waals surface area contributed by atoms with Crippen LogP contribution in [0, 0.1) is 0 Å². The maximum atomic E-state index is 12.2. The van der Waals surface area contributed by atoms with Crippen LogP contribution in [0.2, 0.25) is 0 Å². The smallest absolute Gasteiger partial charge is 0.250 e. The second-order valence-corrected chi connectivity index (χ2v) is 8.78. The van der Waals surface area contributed by atoms with Gasteiger partial charge in [0.2, 0.25) is 10.0 Å². The van der Waals surface area contributed by atoms with Gasteiger partial charge in [-0.15, -0.1) is 11.3 Å². The lowest BCUT2D eigenvalue weighted by atomic mass is 10.0. The molecule has 0 saturated heterocycles. The molecule has 0 saturated carbocycles. The van der Waals surface area contributed by atoms with Crippen molar-refractivity contribution in [2.45, 2.75) is 42.2 Å². The van der Waals surface area contributed by atoms with Crippen LogP contribution in [0.5, 0.6) is 0 Å². The Morgan fingerprint density at radius 2 is 2.00 bits per heavy atom. The van der Waals surface area contributed by atoms with Gasteiger partial charge in [-0.3, -0.25) is 0 Å². The Labute approximate surface area is 124 Å². The van der Waals surface area contributed by atoms with Crippen molar-refractivity contribution in [1.82, 2.24) is 4.72 Å². The van der Waals surface area contributed by atoms with Crippen LogP contribution in [-0.4, -0.2) is 26.0 Å². The van der Waals surface area contributed by atoms with Crippen molar-refractivity contribution in [3.63, 3.8) is 0 Å². The number of nitrogens with one attached hydrogen (secondary N) is 1. The SMILES string of the molecule is CCC(CC)(CNS(=O)(=O)c1ccc(CN)s1)SC. The summed E-state index contributed by atoms with van der Waals surface area (Å²) in [5.74, 6) is 0. The van der Waals surface area contributed by atoms with Gasteiger partial charge >= 0.3 is 0 Å². The van der Waals surface area contributed by atoms with E-state index in [-0.39, 0.29) is 4.75 Å². The minimum Gasteiger partial charge on any atom is -0.326 e. The number of rotatable bonds is 8. The normalized spacial score (nSPS) is 12.8. The van der Waals surface area contributed by atoms with E-state index >= 15 is 0 Å². The molecule has 0 amide bonds. The maximum Gasteiger partial charge on any atom is 0.250 e. The lowest BCUT2D eigenvalue weighted by Gasteiger charge is -2.29. The van der Waals surface area contributed by atoms with E-state index in [1.165, 1.54) is 11.3 Å². The summed E-state index contributed by atoms with van der Waals surface area (Å²) < 4.78 is 27.5. The fraction of sp³-hybridized carbons (Fsp3) is 0.667. The van der Waals surface area contributed by atoms with Crippen molar-refractivity contribution < 1.29 is 8.42 Å². The molecule has 0 unspecified atom stereocenters. The van der Waals surface area contributed by atoms with E-state index in [1.54, 1.807) is 23.9 Å². The molecule has 0 fully saturated rings. The summed E-state index contributed by atoms with van der Waals surface area (Å²) in [7, 11) is -3.41. The molecule has 0 spiro atoms. The van der Waals surface area contributed by atoms with Crippen molar-refractivity contribution >= 4 is 33.1 Å². The Morgan fingerprint density at radius 3 is 2.42 bits per heavy atom. The summed E-state index contributed by atoms with van der Waals surface area (Å²) in [6, 6.07) is 3.38. The van der Waals surface area contributed by atoms with Crippen LogP contribution < -0.4 is 10.5 Å². The monoisotopic (exact) mass is 322 g/mol. The van der Waals surface area contributed by atoms with Gasteiger partial charge in [0.1, 0.15) is 4.21 Å². The predicted molar refractivity (Wildman–Crippen MR) is 84.2 cm³/mol. The van der Waals surface area contributed by atoms with E-state index in [1.807, 2.05) is 6.26 Å². The average molecular weight is 323 g/mol. The topological polar surface area (TPSA) is 72.2 Å². The Kier molecular flexibility index (Phi) is 6.32. The molecule has 7 heteroatoms. The van der Waals surface area contributed by atoms with Gasteiger partial charge in [0, 0.05) is 22.7 Å². The van der Waals surface area contributed by atoms with Crippen LogP contribution in [-0.2, 0) is 16.6 Å². The van der Waals surface area contributed by atoms with Gasteiger partial charge in [-0.1, -0.05) is 13.8 Å². The zero-order valence-electron chi connectivity index (χ0n) is 11.6. The molecular formula is C12H22N2O2S3. The van der Waals surface area contributed by atoms with E-state index in [2.05, 4.69) is 18.6 Å². The first kappa shape index (κ1) is 17.0. The highest BCUT2D eigenvalue weighted by Gasteiger charge is 2.28. The Morgan fingerprint density at radius 1 is 1.37 bits per heavy atom. The molecule has 0 aliphatic carbocycles. The molecule has 110 valence electrons. The molecule has 1 aromatic heterocycles. The Bertz CT molecular complexity index is 485. The molecule has 1 rings (SSSR count). The van der Waals surface area contributed by atoms with Gasteiger partial charge in [0.15, 0.2) is 0 Å². The van der Waals surface area contributed by atoms with Crippen LogP contribution in [0.4, 0.5) is 0 Å². The summed E-state index contributed by atoms with van der Waals surface area (Å²) in [5, 5.41) is 0. The summed E-state index contributed by atoms with van der Waals surface area (Å²) in [5.41, 5.74) is 5.51. The van der Waals surface area contributed by atoms with Crippen molar-refractivity contribution in [3.05, 3.63) is 17.0 Å². The van der Waals surface area contributed by atoms with Crippen LogP contribution in [0.3, 0.4) is 0 Å². The standard InChI is InChI=1S/C12H22N2O2S3/c1-4-12(5-2,17-3)9-14-19(15,16)11-7-6-10(8-13)18-11/h6-7,14H,4-5,8-9,13H2,1-3H3. The molecule has 0 atom stereocenters. The number of thiophene rings is 1. The van der Waals surface area contributed by atoms with Gasteiger partial charge in [0.05, 0.1) is 0 Å². The van der Waals surface area contributed by atoms with Crippen LogP contribution in [0.25, 0.3) is 0 Å². The lowest BCUT2D eigenvalue weighted by Crippen LogP contribution is -2.39. The van der Waals surface area contributed by atoms with Crippen LogP contribution in [0.1, 0.15) is 31.6 Å². The van der Waals surface area contributed by atoms with Crippen molar-refractivity contribution in [1.29, 1.82) is 0 Å². The highest BCUT2D eigenvalue weighted by atomic mass is 32.2. The number of nitrogens with two attached hydrogens (primary N) is 1. The third kappa shape index (κ3) is 4.19. The lowest BCUT2D eigenvalue weighted by molar-refractivity contribution is 0.523. The number of sulfonamides is 1. The summed E-state index contributed by atoms with van der Waals surface area (Å²) in [4.78, 5) is 0.877. The first-order valence-electron chi connectivity index (χ1n) is 6.26. The molecule has 0 bridgehead atoms. The number of thioether (sulfide) groups is 1. The third-order valence-electron chi connectivity index (χ3n) is 3.41. The molecule has 3 N–H and O–H groups in total. The molecule has 0 radical (unpaired) electrons. The van der Waals surface area contributed by atoms with Gasteiger partial charge < -0.3 is 5.73 Å². The molecular weight excluding hydrogens is 300 g/mol. The van der Waals surface area contributed by atoms with Crippen LogP contribution >= 0.6 is 23.1 Å². The number of hydrogen-bond acceptors (Lipinski definition) is 5. The minimum absolute atomic E-state index is 0.0268. The average Bonchev–Trinajstić information content (AvgIpc) is 2.90. The van der Waals surface area contributed by atoms with Gasteiger partial charge in [-0.05, 0) is 31.2 Å². The van der Waals surface area contributed by atoms with E-state index in [0.29, 0.717) is 17.3 Å². The van der Waals surface area contributed by atoms with E-state index in [4.69, 9.17) is 5.73 Å². The van der Waals surface area contributed by atoms with Crippen molar-refractivity contribution in [3.8, 4) is 0 Å². The van der Waals surface area contributed by atoms with Crippen LogP contribution in [0.15, 0.2) is 16.3 Å². The van der Waals surface area contributed by atoms with Crippen molar-refractivity contribution in [2.75, 3.05) is 12.8 Å². The first-order valence-corrected chi connectivity index (χ1v) is 9.79. The molecule has 1 heterocycles. The van der Waals surface area contributed by atoms with E-state index < -0.39 is 10.0 Å². The Hall–Kier alpha value is -0.0800. The zero-order valence-corrected chi connectivity index (χ0v) is 14.1. The zero-order chi connectivity index (χ0) is 14.5. The van der Waals surface area contributed by atoms with Crippen molar-refractivity contribution in [2.24, 2.45) is 5.73 Å². The highest BCUT2D eigenvalue weighted by Crippen LogP contribution is 2.30. The largest absolute Gasteiger partial charge is 0.326 e. The van der Waals surface area contributed by atoms with Gasteiger partial charge in [0.25, 0.3) is 0 Å². The molecule has 1 aromatic rings. The Balaban J connectivity index is 2.80. The molecule has 0 aliphatic rings. The summed E-state index contributed by atoms with van der Waals surface area (Å²) >= 11 is 2.95. The van der Waals surface area contributed by atoms with Gasteiger partial charge in [-0.25, -0.2) is 13.1 Å². The first-order chi connectivity index (χ1) is 8.93. The second-order valence-electron chi connectivity index (χ2n) is 4.34. The predicted octanol–water partition coefficient (Wildman–Crippen LogP) is 2.41. The second kappa shape index (κ2) is 7.08.